The maximum Gasteiger partial charge on any atom is 0.259 e. The largest absolute Gasteiger partial charge is 0.507 e. The third-order valence-corrected chi connectivity index (χ3v) is 8.36. The standard InChI is InChI=1S/C35H25Cl2N3O5/c36-21-9-12-29(41)25(16-21)34(42)40-28-11-10-22(17-26(28)37)38-35(43)32-23-5-1-2-7-27(23)39-33-20(4-3-6-24(32)33)14-19-8-13-30-31(15-19)45-18-44-30/h1-2,5,7-17,41H,3-4,6,18H2,(H,38,43)(H,40,42)/b20-14-. The van der Waals surface area contributed by atoms with E-state index in [4.69, 9.17) is 37.7 Å². The van der Waals surface area contributed by atoms with Crippen LogP contribution in [0.5, 0.6) is 17.2 Å². The lowest BCUT2D eigenvalue weighted by molar-refractivity contribution is 0.101. The third-order valence-electron chi connectivity index (χ3n) is 7.81. The molecular formula is C35H25Cl2N3O5. The minimum absolute atomic E-state index is 0.0113. The SMILES string of the molecule is O=C(Nc1ccc(NC(=O)c2c3c(nc4ccccc24)/C(=C\c2ccc4c(c2)OCO4)CCC3)cc1Cl)c1cc(Cl)ccc1O. The van der Waals surface area contributed by atoms with Crippen LogP contribution in [0, 0.1) is 0 Å². The highest BCUT2D eigenvalue weighted by atomic mass is 35.5. The summed E-state index contributed by atoms with van der Waals surface area (Å²) in [5, 5.41) is 17.0. The van der Waals surface area contributed by atoms with Gasteiger partial charge in [0.15, 0.2) is 11.5 Å². The van der Waals surface area contributed by atoms with Gasteiger partial charge in [0.2, 0.25) is 6.79 Å². The molecule has 8 nitrogen and oxygen atoms in total. The Labute approximate surface area is 268 Å². The first kappa shape index (κ1) is 28.7. The minimum Gasteiger partial charge on any atom is -0.507 e. The van der Waals surface area contributed by atoms with Gasteiger partial charge in [-0.05, 0) is 96.6 Å². The van der Waals surface area contributed by atoms with Crippen molar-refractivity contribution in [2.45, 2.75) is 19.3 Å². The third kappa shape index (κ3) is 5.66. The molecule has 1 aliphatic carbocycles. The van der Waals surface area contributed by atoms with E-state index in [1.165, 1.54) is 18.2 Å². The summed E-state index contributed by atoms with van der Waals surface area (Å²) >= 11 is 12.5. The molecule has 2 aliphatic rings. The van der Waals surface area contributed by atoms with Gasteiger partial charge < -0.3 is 25.2 Å². The number of phenols is 1. The molecule has 0 bridgehead atoms. The summed E-state index contributed by atoms with van der Waals surface area (Å²) in [6.45, 7) is 0.209. The van der Waals surface area contributed by atoms with Gasteiger partial charge in [-0.15, -0.1) is 0 Å². The molecule has 5 aromatic rings. The summed E-state index contributed by atoms with van der Waals surface area (Å²) in [6, 6.07) is 22.4. The van der Waals surface area contributed by atoms with Crippen LogP contribution >= 0.6 is 23.2 Å². The zero-order valence-corrected chi connectivity index (χ0v) is 25.2. The molecule has 0 atom stereocenters. The number of carbonyl (C=O) groups is 2. The van der Waals surface area contributed by atoms with Gasteiger partial charge in [-0.2, -0.15) is 0 Å². The van der Waals surface area contributed by atoms with Crippen LogP contribution in [0.15, 0.2) is 78.9 Å². The number of hydrogen-bond acceptors (Lipinski definition) is 6. The lowest BCUT2D eigenvalue weighted by Gasteiger charge is -2.23. The first-order valence-electron chi connectivity index (χ1n) is 14.3. The number of ether oxygens (including phenoxy) is 2. The Balaban J connectivity index is 1.19. The van der Waals surface area contributed by atoms with Crippen LogP contribution in [-0.2, 0) is 6.42 Å². The molecule has 0 saturated carbocycles. The smallest absolute Gasteiger partial charge is 0.259 e. The molecule has 0 fully saturated rings. The van der Waals surface area contributed by atoms with Crippen LogP contribution < -0.4 is 20.1 Å². The lowest BCUT2D eigenvalue weighted by atomic mass is 9.85. The van der Waals surface area contributed by atoms with Gasteiger partial charge in [0, 0.05) is 16.1 Å². The molecule has 224 valence electrons. The van der Waals surface area contributed by atoms with Crippen LogP contribution in [-0.4, -0.2) is 28.7 Å². The topological polar surface area (TPSA) is 110 Å². The molecule has 2 amide bonds. The molecule has 0 spiro atoms. The summed E-state index contributed by atoms with van der Waals surface area (Å²) in [4.78, 5) is 31.8. The molecule has 0 unspecified atom stereocenters. The molecular weight excluding hydrogens is 613 g/mol. The number of aromatic hydroxyl groups is 1. The predicted molar refractivity (Wildman–Crippen MR) is 176 cm³/mol. The second-order valence-electron chi connectivity index (χ2n) is 10.7. The number of halogens is 2. The van der Waals surface area contributed by atoms with E-state index in [1.807, 2.05) is 42.5 Å². The van der Waals surface area contributed by atoms with E-state index in [9.17, 15) is 14.7 Å². The Hall–Kier alpha value is -5.05. The number of hydrogen-bond donors (Lipinski definition) is 3. The maximum absolute atomic E-state index is 14.0. The minimum atomic E-state index is -0.576. The fourth-order valence-corrected chi connectivity index (χ4v) is 6.11. The molecule has 7 rings (SSSR count). The van der Waals surface area contributed by atoms with Crippen molar-refractivity contribution in [1.29, 1.82) is 0 Å². The van der Waals surface area contributed by atoms with Crippen LogP contribution in [0.3, 0.4) is 0 Å². The number of aromatic nitrogens is 1. The number of nitrogens with zero attached hydrogens (tertiary/aromatic N) is 1. The zero-order chi connectivity index (χ0) is 31.1. The molecule has 1 aromatic heterocycles. The van der Waals surface area contributed by atoms with E-state index >= 15 is 0 Å². The Bertz CT molecular complexity index is 2060. The Morgan fingerprint density at radius 2 is 1.71 bits per heavy atom. The van der Waals surface area contributed by atoms with Gasteiger partial charge in [-0.25, -0.2) is 4.98 Å². The Morgan fingerprint density at radius 3 is 2.58 bits per heavy atom. The van der Waals surface area contributed by atoms with E-state index in [-0.39, 0.29) is 29.0 Å². The van der Waals surface area contributed by atoms with E-state index < -0.39 is 5.91 Å². The molecule has 3 N–H and O–H groups in total. The molecule has 1 aliphatic heterocycles. The van der Waals surface area contributed by atoms with Crippen molar-refractivity contribution in [3.05, 3.63) is 117 Å². The Kier molecular flexibility index (Phi) is 7.53. The number of rotatable bonds is 5. The predicted octanol–water partition coefficient (Wildman–Crippen LogP) is 8.36. The lowest BCUT2D eigenvalue weighted by Crippen LogP contribution is -2.19. The maximum atomic E-state index is 14.0. The highest BCUT2D eigenvalue weighted by Gasteiger charge is 2.26. The van der Waals surface area contributed by atoms with Gasteiger partial charge in [-0.3, -0.25) is 9.59 Å². The average Bonchev–Trinajstić information content (AvgIpc) is 3.50. The number of benzene rings is 4. The zero-order valence-electron chi connectivity index (χ0n) is 23.7. The van der Waals surface area contributed by atoms with Crippen molar-refractivity contribution in [3.63, 3.8) is 0 Å². The van der Waals surface area contributed by atoms with Crippen molar-refractivity contribution in [3.8, 4) is 17.2 Å². The van der Waals surface area contributed by atoms with Crippen molar-refractivity contribution < 1.29 is 24.2 Å². The van der Waals surface area contributed by atoms with Crippen LogP contribution in [0.1, 0.15) is 50.4 Å². The normalized spacial score (nSPS) is 14.3. The molecule has 4 aromatic carbocycles. The van der Waals surface area contributed by atoms with Crippen LogP contribution in [0.2, 0.25) is 10.0 Å². The second-order valence-corrected chi connectivity index (χ2v) is 11.6. The van der Waals surface area contributed by atoms with Crippen molar-refractivity contribution in [2.75, 3.05) is 17.4 Å². The number of fused-ring (bicyclic) bond motifs is 3. The summed E-state index contributed by atoms with van der Waals surface area (Å²) < 4.78 is 11.0. The van der Waals surface area contributed by atoms with Gasteiger partial charge in [0.1, 0.15) is 5.75 Å². The van der Waals surface area contributed by atoms with Crippen molar-refractivity contribution >= 4 is 68.9 Å². The van der Waals surface area contributed by atoms with Gasteiger partial charge in [0.25, 0.3) is 11.8 Å². The van der Waals surface area contributed by atoms with E-state index in [0.29, 0.717) is 34.1 Å². The van der Waals surface area contributed by atoms with Gasteiger partial charge in [-0.1, -0.05) is 47.5 Å². The highest BCUT2D eigenvalue weighted by Crippen LogP contribution is 2.39. The number of pyridine rings is 1. The number of amides is 2. The molecule has 0 radical (unpaired) electrons. The summed E-state index contributed by atoms with van der Waals surface area (Å²) in [5.41, 5.74) is 5.77. The van der Waals surface area contributed by atoms with Gasteiger partial charge in [0.05, 0.1) is 33.0 Å². The summed E-state index contributed by atoms with van der Waals surface area (Å²) in [7, 11) is 0. The summed E-state index contributed by atoms with van der Waals surface area (Å²) in [5.74, 6) is 0.358. The average molecular weight is 639 g/mol. The number of anilines is 2. The van der Waals surface area contributed by atoms with Crippen molar-refractivity contribution in [2.24, 2.45) is 0 Å². The van der Waals surface area contributed by atoms with Gasteiger partial charge >= 0.3 is 0 Å². The van der Waals surface area contributed by atoms with E-state index in [2.05, 4.69) is 16.7 Å². The molecule has 0 saturated heterocycles. The van der Waals surface area contributed by atoms with E-state index in [1.54, 1.807) is 18.2 Å². The van der Waals surface area contributed by atoms with Crippen molar-refractivity contribution in [1.82, 2.24) is 4.98 Å². The number of carbonyl (C=O) groups excluding carboxylic acids is 2. The van der Waals surface area contributed by atoms with E-state index in [0.717, 1.165) is 51.9 Å². The summed E-state index contributed by atoms with van der Waals surface area (Å²) in [6.07, 6.45) is 4.49. The monoisotopic (exact) mass is 637 g/mol. The molecule has 10 heteroatoms. The molecule has 45 heavy (non-hydrogen) atoms. The number of allylic oxidation sites excluding steroid dienone is 1. The quantitative estimate of drug-likeness (QED) is 0.179. The molecule has 2 heterocycles. The number of para-hydroxylation sites is 1. The van der Waals surface area contributed by atoms with Crippen LogP contribution in [0.4, 0.5) is 11.4 Å². The van der Waals surface area contributed by atoms with Crippen LogP contribution in [0.25, 0.3) is 22.6 Å². The second kappa shape index (κ2) is 11.8. The first-order valence-corrected chi connectivity index (χ1v) is 15.0. The number of nitrogens with one attached hydrogen (secondary N) is 2. The fraction of sp³-hybridized carbons (Fsp3) is 0.114. The Morgan fingerprint density at radius 1 is 0.867 bits per heavy atom. The highest BCUT2D eigenvalue weighted by molar-refractivity contribution is 6.34. The first-order chi connectivity index (χ1) is 21.8. The fourth-order valence-electron chi connectivity index (χ4n) is 5.71. The number of phenolic OH excluding ortho intramolecular Hbond substituents is 1.